The van der Waals surface area contributed by atoms with Gasteiger partial charge in [-0.3, -0.25) is 0 Å². The van der Waals surface area contributed by atoms with Crippen LogP contribution in [0.1, 0.15) is 38.4 Å². The smallest absolute Gasteiger partial charge is 0.166 e. The molecule has 0 spiro atoms. The Morgan fingerprint density at radius 2 is 0.980 bits per heavy atom. The van der Waals surface area contributed by atoms with Gasteiger partial charge in [0.2, 0.25) is 0 Å². The molecule has 0 bridgehead atoms. The lowest BCUT2D eigenvalue weighted by atomic mass is 10.0. The van der Waals surface area contributed by atoms with Crippen LogP contribution in [-0.2, 0) is 0 Å². The minimum Gasteiger partial charge on any atom is -0.456 e. The number of fused-ring (bicyclic) bond motifs is 6. The zero-order chi connectivity index (χ0) is 57.4. The van der Waals surface area contributed by atoms with Gasteiger partial charge in [0.25, 0.3) is 0 Å². The van der Waals surface area contributed by atoms with E-state index in [4.69, 9.17) is 31.8 Å². The molecule has 50 heavy (non-hydrogen) atoms. The molecule has 0 aliphatic carbocycles. The van der Waals surface area contributed by atoms with Crippen LogP contribution >= 0.6 is 0 Å². The molecule has 5 nitrogen and oxygen atoms in total. The second-order valence-electron chi connectivity index (χ2n) is 10.3. The fraction of sp³-hybridized carbons (Fsp3) is 0. The van der Waals surface area contributed by atoms with Gasteiger partial charge in [-0.25, -0.2) is 15.0 Å². The van der Waals surface area contributed by atoms with Gasteiger partial charge in [-0.15, -0.1) is 0 Å². The third kappa shape index (κ3) is 4.60. The molecule has 0 unspecified atom stereocenters. The highest BCUT2D eigenvalue weighted by molar-refractivity contribution is 6.14. The van der Waals surface area contributed by atoms with Crippen molar-refractivity contribution in [3.63, 3.8) is 0 Å². The van der Waals surface area contributed by atoms with Crippen molar-refractivity contribution in [1.29, 1.82) is 0 Å². The number of rotatable bonds is 5. The Kier molecular flexibility index (Phi) is 2.72. The predicted molar refractivity (Wildman–Crippen MR) is 203 cm³/mol. The molecular weight excluding hydrogens is 613 g/mol. The van der Waals surface area contributed by atoms with E-state index in [1.54, 1.807) is 0 Å². The summed E-state index contributed by atoms with van der Waals surface area (Å²) in [5.41, 5.74) is -7.29. The van der Waals surface area contributed by atoms with E-state index in [-0.39, 0.29) is 0 Å². The fourth-order valence-corrected chi connectivity index (χ4v) is 5.39. The van der Waals surface area contributed by atoms with E-state index < -0.39 is 264 Å². The normalized spacial score (nSPS) is 19.4. The first kappa shape index (κ1) is 11.9. The second-order valence-corrected chi connectivity index (χ2v) is 10.3. The van der Waals surface area contributed by atoms with E-state index in [1.165, 1.54) is 0 Å². The number of nitrogens with zero attached hydrogens (tertiary/aromatic N) is 4. The fourth-order valence-electron chi connectivity index (χ4n) is 5.39. The van der Waals surface area contributed by atoms with E-state index >= 15 is 0 Å². The molecule has 0 atom stereocenters. The van der Waals surface area contributed by atoms with Crippen LogP contribution in [0, 0.1) is 0 Å². The number of hydrogen-bond donors (Lipinski definition) is 0. The van der Waals surface area contributed by atoms with E-state index in [1.807, 2.05) is 0 Å². The van der Waals surface area contributed by atoms with Gasteiger partial charge in [0, 0.05) is 43.9 Å². The quantitative estimate of drug-likeness (QED) is 0.183. The lowest BCUT2D eigenvalue weighted by molar-refractivity contribution is 0.669. The van der Waals surface area contributed by atoms with E-state index in [0.29, 0.717) is 0 Å². The van der Waals surface area contributed by atoms with Crippen LogP contribution in [0.15, 0.2) is 174 Å². The third-order valence-electron chi connectivity index (χ3n) is 7.49. The van der Waals surface area contributed by atoms with Gasteiger partial charge in [-0.2, -0.15) is 0 Å². The van der Waals surface area contributed by atoms with Crippen LogP contribution in [0.25, 0.3) is 94.7 Å². The Labute approximate surface area is 327 Å². The summed E-state index contributed by atoms with van der Waals surface area (Å²) < 4.78 is 254. The van der Waals surface area contributed by atoms with Crippen LogP contribution in [-0.4, -0.2) is 19.5 Å². The van der Waals surface area contributed by atoms with Crippen molar-refractivity contribution in [2.45, 2.75) is 0 Å². The lowest BCUT2D eigenvalue weighted by Gasteiger charge is -2.13. The highest BCUT2D eigenvalue weighted by Gasteiger charge is 2.21. The first-order chi connectivity index (χ1) is 36.4. The molecule has 7 aromatic carbocycles. The first-order valence-corrected chi connectivity index (χ1v) is 14.4. The molecule has 0 amide bonds. The molecule has 3 heterocycles. The van der Waals surface area contributed by atoms with Gasteiger partial charge in [0.15, 0.2) is 17.5 Å². The van der Waals surface area contributed by atoms with Crippen LogP contribution in [0.5, 0.6) is 0 Å². The highest BCUT2D eigenvalue weighted by Crippen LogP contribution is 2.40. The van der Waals surface area contributed by atoms with Crippen molar-refractivity contribution in [3.8, 4) is 51.0 Å². The number of para-hydroxylation sites is 2. The first-order valence-electron chi connectivity index (χ1n) is 28.4. The van der Waals surface area contributed by atoms with Gasteiger partial charge in [0.05, 0.1) is 49.4 Å². The zero-order valence-electron chi connectivity index (χ0n) is 52.7. The number of benzene rings is 7. The molecule has 5 heteroatoms. The van der Waals surface area contributed by atoms with Crippen molar-refractivity contribution in [2.24, 2.45) is 0 Å². The molecule has 0 aliphatic heterocycles. The van der Waals surface area contributed by atoms with Crippen LogP contribution < -0.4 is 0 Å². The van der Waals surface area contributed by atoms with Crippen molar-refractivity contribution in [1.82, 2.24) is 19.5 Å². The molecular formula is C45H28N4O. The summed E-state index contributed by atoms with van der Waals surface area (Å²) in [5, 5.41) is -2.40. The average Bonchev–Trinajstić information content (AvgIpc) is 4.13. The summed E-state index contributed by atoms with van der Waals surface area (Å²) in [7, 11) is 0. The maximum absolute atomic E-state index is 9.94. The van der Waals surface area contributed by atoms with Gasteiger partial charge in [-0.1, -0.05) is 127 Å². The largest absolute Gasteiger partial charge is 0.456 e. The third-order valence-corrected chi connectivity index (χ3v) is 7.49. The second kappa shape index (κ2) is 11.4. The van der Waals surface area contributed by atoms with Crippen molar-refractivity contribution >= 4 is 43.7 Å². The average molecular weight is 669 g/mol. The molecule has 0 saturated carbocycles. The van der Waals surface area contributed by atoms with E-state index in [9.17, 15) is 11.0 Å². The predicted octanol–water partition coefficient (Wildman–Crippen LogP) is 11.5. The van der Waals surface area contributed by atoms with Crippen molar-refractivity contribution in [3.05, 3.63) is 169 Å². The highest BCUT2D eigenvalue weighted by atomic mass is 16.3. The molecule has 0 radical (unpaired) electrons. The Bertz CT molecular complexity index is 4320. The zero-order valence-corrected chi connectivity index (χ0v) is 24.7. The molecule has 10 rings (SSSR count). The molecule has 0 N–H and O–H groups in total. The topological polar surface area (TPSA) is 56.7 Å². The van der Waals surface area contributed by atoms with E-state index in [2.05, 4.69) is 15.0 Å². The SMILES string of the molecule is [2H]c1c([2H])c([2H])c(-c2nc(-c3c([2H])c([2H])c([2H])c([2H])c3[2H])nc(-c3c([2H])c([2H])c([2H])c4c5c([2H])c([2H])c([2H])c([2H])c5n(-c5c([2H])c([2H])c6oc7c([2H])c([2H])c(-c8c([2H])c([2H])c([2H])c([2H])c8[2H])c([2H])c7c6c5[2H])c34)n2)c([2H])c1[2H]. The molecule has 3 aromatic heterocycles. The van der Waals surface area contributed by atoms with Crippen LogP contribution in [0.2, 0.25) is 0 Å². The maximum atomic E-state index is 9.94. The number of aromatic nitrogens is 4. The van der Waals surface area contributed by atoms with Gasteiger partial charge in [0.1, 0.15) is 11.2 Å². The summed E-state index contributed by atoms with van der Waals surface area (Å²) in [6.07, 6.45) is 0. The molecule has 0 aliphatic rings. The van der Waals surface area contributed by atoms with E-state index in [0.717, 1.165) is 4.57 Å². The summed E-state index contributed by atoms with van der Waals surface area (Å²) in [6.45, 7) is 0. The molecule has 0 fully saturated rings. The summed E-state index contributed by atoms with van der Waals surface area (Å²) in [6, 6.07) is -25.6. The minimum absolute atomic E-state index is 0.574. The summed E-state index contributed by atoms with van der Waals surface area (Å²) >= 11 is 0. The Balaban J connectivity index is 1.46. The molecule has 10 aromatic rings. The van der Waals surface area contributed by atoms with Gasteiger partial charge in [-0.05, 0) is 53.4 Å². The Morgan fingerprint density at radius 1 is 0.420 bits per heavy atom. The monoisotopic (exact) mass is 668 g/mol. The molecule has 0 saturated heterocycles. The van der Waals surface area contributed by atoms with Crippen molar-refractivity contribution in [2.75, 3.05) is 0 Å². The summed E-state index contributed by atoms with van der Waals surface area (Å²) in [5.74, 6) is -2.63. The minimum atomic E-state index is -1.03. The van der Waals surface area contributed by atoms with Crippen molar-refractivity contribution < 1.29 is 42.8 Å². The Morgan fingerprint density at radius 3 is 1.68 bits per heavy atom. The van der Waals surface area contributed by atoms with Gasteiger partial charge < -0.3 is 8.98 Å². The maximum Gasteiger partial charge on any atom is 0.166 e. The number of furan rings is 1. The standard InChI is InChI=1S/C45H28N4O/c1-4-13-29(14-5-1)32-23-25-40-37(27-32)38-28-33(24-26-41(38)50-40)49-39-22-11-10-19-34(39)35-20-12-21-36(42(35)49)45-47-43(30-15-6-2-7-16-30)46-44(48-45)31-17-8-3-9-18-31/h1-28H/i1D,2D,3D,4D,5D,6D,7D,8D,9D,10D,11D,12D,13D,14D,15D,16D,17D,18D,19D,20D,21D,22D,23D,24D,25D,26D,27D,28D. The lowest BCUT2D eigenvalue weighted by Crippen LogP contribution is -2.02. The molecule has 234 valence electrons. The van der Waals surface area contributed by atoms with Crippen LogP contribution in [0.3, 0.4) is 0 Å². The van der Waals surface area contributed by atoms with Crippen LogP contribution in [0.4, 0.5) is 0 Å². The van der Waals surface area contributed by atoms with Gasteiger partial charge >= 0.3 is 0 Å². The summed E-state index contributed by atoms with van der Waals surface area (Å²) in [4.78, 5) is 13.0. The Hall–Kier alpha value is -6.85. The number of hydrogen-bond acceptors (Lipinski definition) is 4.